The smallest absolute Gasteiger partial charge is 0.0487 e. The standard InChI is InChI=1S/C19H24ClN/c1-4-6-15-7-5-8-17(11-15)18-10-9-16(12-19(18)20)13-21-14(2)3/h5,7-12,14,21H,4,6,13H2,1-3H3. The van der Waals surface area contributed by atoms with Crippen molar-refractivity contribution in [2.75, 3.05) is 0 Å². The number of hydrogen-bond acceptors (Lipinski definition) is 1. The molecule has 0 aromatic heterocycles. The minimum atomic E-state index is 0.481. The van der Waals surface area contributed by atoms with Gasteiger partial charge in [-0.3, -0.25) is 0 Å². The van der Waals surface area contributed by atoms with E-state index >= 15 is 0 Å². The van der Waals surface area contributed by atoms with Crippen LogP contribution in [0.15, 0.2) is 42.5 Å². The molecule has 0 aliphatic heterocycles. The van der Waals surface area contributed by atoms with Crippen molar-refractivity contribution in [1.82, 2.24) is 5.32 Å². The maximum absolute atomic E-state index is 6.48. The van der Waals surface area contributed by atoms with Crippen LogP contribution in [0.5, 0.6) is 0 Å². The van der Waals surface area contributed by atoms with Gasteiger partial charge in [0.1, 0.15) is 0 Å². The highest BCUT2D eigenvalue weighted by atomic mass is 35.5. The first-order valence-electron chi connectivity index (χ1n) is 7.71. The summed E-state index contributed by atoms with van der Waals surface area (Å²) in [4.78, 5) is 0. The van der Waals surface area contributed by atoms with E-state index in [0.29, 0.717) is 6.04 Å². The second kappa shape index (κ2) is 7.63. The molecule has 2 aromatic carbocycles. The highest BCUT2D eigenvalue weighted by Crippen LogP contribution is 2.29. The average molecular weight is 302 g/mol. The average Bonchev–Trinajstić information content (AvgIpc) is 2.46. The molecule has 0 aliphatic rings. The molecule has 0 atom stereocenters. The van der Waals surface area contributed by atoms with E-state index < -0.39 is 0 Å². The Labute approximate surface area is 133 Å². The molecule has 2 heteroatoms. The van der Waals surface area contributed by atoms with E-state index in [2.05, 4.69) is 68.6 Å². The number of benzene rings is 2. The molecule has 2 aromatic rings. The Balaban J connectivity index is 2.22. The van der Waals surface area contributed by atoms with Crippen LogP contribution in [0.25, 0.3) is 11.1 Å². The normalized spacial score (nSPS) is 11.1. The van der Waals surface area contributed by atoms with Gasteiger partial charge in [0, 0.05) is 23.2 Å². The van der Waals surface area contributed by atoms with Gasteiger partial charge in [0.05, 0.1) is 0 Å². The van der Waals surface area contributed by atoms with E-state index in [9.17, 15) is 0 Å². The van der Waals surface area contributed by atoms with Crippen LogP contribution in [0.2, 0.25) is 5.02 Å². The van der Waals surface area contributed by atoms with Gasteiger partial charge in [0.2, 0.25) is 0 Å². The van der Waals surface area contributed by atoms with Gasteiger partial charge in [-0.2, -0.15) is 0 Å². The fourth-order valence-electron chi connectivity index (χ4n) is 2.41. The van der Waals surface area contributed by atoms with Gasteiger partial charge in [-0.25, -0.2) is 0 Å². The first-order chi connectivity index (χ1) is 10.1. The summed E-state index contributed by atoms with van der Waals surface area (Å²) in [5.41, 5.74) is 4.91. The Hall–Kier alpha value is -1.31. The van der Waals surface area contributed by atoms with E-state index in [1.807, 2.05) is 0 Å². The van der Waals surface area contributed by atoms with Crippen LogP contribution >= 0.6 is 11.6 Å². The molecule has 0 spiro atoms. The molecule has 1 N–H and O–H groups in total. The Morgan fingerprint density at radius 1 is 1.05 bits per heavy atom. The summed E-state index contributed by atoms with van der Waals surface area (Å²) in [6.07, 6.45) is 2.28. The zero-order valence-corrected chi connectivity index (χ0v) is 13.9. The lowest BCUT2D eigenvalue weighted by Gasteiger charge is -2.11. The number of aryl methyl sites for hydroxylation is 1. The highest BCUT2D eigenvalue weighted by Gasteiger charge is 2.06. The second-order valence-electron chi connectivity index (χ2n) is 5.80. The fourth-order valence-corrected chi connectivity index (χ4v) is 2.72. The molecule has 0 heterocycles. The SMILES string of the molecule is CCCc1cccc(-c2ccc(CNC(C)C)cc2Cl)c1. The summed E-state index contributed by atoms with van der Waals surface area (Å²) < 4.78 is 0. The first kappa shape index (κ1) is 16.1. The molecule has 2 rings (SSSR count). The maximum atomic E-state index is 6.48. The Morgan fingerprint density at radius 3 is 2.52 bits per heavy atom. The predicted molar refractivity (Wildman–Crippen MR) is 92.9 cm³/mol. The van der Waals surface area contributed by atoms with Crippen molar-refractivity contribution < 1.29 is 0 Å². The number of hydrogen-bond donors (Lipinski definition) is 1. The largest absolute Gasteiger partial charge is 0.310 e. The lowest BCUT2D eigenvalue weighted by atomic mass is 10.00. The molecule has 0 saturated heterocycles. The van der Waals surface area contributed by atoms with Crippen molar-refractivity contribution in [1.29, 1.82) is 0 Å². The van der Waals surface area contributed by atoms with Crippen LogP contribution in [-0.2, 0) is 13.0 Å². The lowest BCUT2D eigenvalue weighted by Crippen LogP contribution is -2.21. The summed E-state index contributed by atoms with van der Waals surface area (Å²) in [7, 11) is 0. The van der Waals surface area contributed by atoms with Crippen LogP contribution < -0.4 is 5.32 Å². The Morgan fingerprint density at radius 2 is 1.86 bits per heavy atom. The molecule has 112 valence electrons. The summed E-state index contributed by atoms with van der Waals surface area (Å²) in [5.74, 6) is 0. The van der Waals surface area contributed by atoms with E-state index in [0.717, 1.165) is 30.0 Å². The third kappa shape index (κ3) is 4.59. The molecular weight excluding hydrogens is 278 g/mol. The Kier molecular flexibility index (Phi) is 5.84. The fraction of sp³-hybridized carbons (Fsp3) is 0.368. The monoisotopic (exact) mass is 301 g/mol. The maximum Gasteiger partial charge on any atom is 0.0487 e. The molecule has 0 radical (unpaired) electrons. The molecule has 0 saturated carbocycles. The van der Waals surface area contributed by atoms with Gasteiger partial charge in [0.15, 0.2) is 0 Å². The zero-order chi connectivity index (χ0) is 15.2. The van der Waals surface area contributed by atoms with Crippen molar-refractivity contribution in [2.24, 2.45) is 0 Å². The molecule has 0 aliphatic carbocycles. The second-order valence-corrected chi connectivity index (χ2v) is 6.21. The van der Waals surface area contributed by atoms with Crippen molar-refractivity contribution in [3.8, 4) is 11.1 Å². The minimum Gasteiger partial charge on any atom is -0.310 e. The van der Waals surface area contributed by atoms with Gasteiger partial charge in [-0.05, 0) is 29.2 Å². The van der Waals surface area contributed by atoms with Gasteiger partial charge in [0.25, 0.3) is 0 Å². The van der Waals surface area contributed by atoms with Crippen LogP contribution in [0.3, 0.4) is 0 Å². The van der Waals surface area contributed by atoms with Crippen LogP contribution in [-0.4, -0.2) is 6.04 Å². The van der Waals surface area contributed by atoms with E-state index in [-0.39, 0.29) is 0 Å². The molecule has 1 nitrogen and oxygen atoms in total. The van der Waals surface area contributed by atoms with E-state index in [1.54, 1.807) is 0 Å². The van der Waals surface area contributed by atoms with E-state index in [1.165, 1.54) is 16.7 Å². The topological polar surface area (TPSA) is 12.0 Å². The molecule has 21 heavy (non-hydrogen) atoms. The van der Waals surface area contributed by atoms with Crippen molar-refractivity contribution in [3.05, 3.63) is 58.6 Å². The van der Waals surface area contributed by atoms with Crippen molar-refractivity contribution in [2.45, 2.75) is 46.2 Å². The van der Waals surface area contributed by atoms with E-state index in [4.69, 9.17) is 11.6 Å². The summed E-state index contributed by atoms with van der Waals surface area (Å²) in [5, 5.41) is 4.24. The number of nitrogens with one attached hydrogen (secondary N) is 1. The first-order valence-corrected chi connectivity index (χ1v) is 8.09. The summed E-state index contributed by atoms with van der Waals surface area (Å²) in [6, 6.07) is 15.5. The lowest BCUT2D eigenvalue weighted by molar-refractivity contribution is 0.589. The summed E-state index contributed by atoms with van der Waals surface area (Å²) in [6.45, 7) is 7.36. The van der Waals surface area contributed by atoms with Crippen LogP contribution in [0, 0.1) is 0 Å². The quantitative estimate of drug-likeness (QED) is 0.747. The zero-order valence-electron chi connectivity index (χ0n) is 13.1. The number of rotatable bonds is 6. The molecule has 0 fully saturated rings. The van der Waals surface area contributed by atoms with Crippen molar-refractivity contribution in [3.63, 3.8) is 0 Å². The van der Waals surface area contributed by atoms with Gasteiger partial charge in [-0.15, -0.1) is 0 Å². The third-order valence-corrected chi connectivity index (χ3v) is 3.84. The number of halogens is 1. The van der Waals surface area contributed by atoms with Crippen LogP contribution in [0.1, 0.15) is 38.3 Å². The summed E-state index contributed by atoms with van der Waals surface area (Å²) >= 11 is 6.48. The van der Waals surface area contributed by atoms with Crippen molar-refractivity contribution >= 4 is 11.6 Å². The minimum absolute atomic E-state index is 0.481. The molecule has 0 amide bonds. The highest BCUT2D eigenvalue weighted by molar-refractivity contribution is 6.33. The van der Waals surface area contributed by atoms with Gasteiger partial charge >= 0.3 is 0 Å². The van der Waals surface area contributed by atoms with Gasteiger partial charge in [-0.1, -0.05) is 75.2 Å². The van der Waals surface area contributed by atoms with Crippen LogP contribution in [0.4, 0.5) is 0 Å². The molecule has 0 bridgehead atoms. The predicted octanol–water partition coefficient (Wildman–Crippen LogP) is 5.46. The molecular formula is C19H24ClN. The Bertz CT molecular complexity index is 590. The van der Waals surface area contributed by atoms with Gasteiger partial charge < -0.3 is 5.32 Å². The molecule has 0 unspecified atom stereocenters. The third-order valence-electron chi connectivity index (χ3n) is 3.52.